The van der Waals surface area contributed by atoms with Crippen molar-refractivity contribution >= 4 is 50.6 Å². The van der Waals surface area contributed by atoms with Gasteiger partial charge in [-0.15, -0.1) is 0 Å². The van der Waals surface area contributed by atoms with E-state index in [4.69, 9.17) is 16.3 Å². The van der Waals surface area contributed by atoms with E-state index < -0.39 is 12.1 Å². The zero-order valence-electron chi connectivity index (χ0n) is 15.8. The van der Waals surface area contributed by atoms with E-state index in [1.165, 1.54) is 18.0 Å². The maximum absolute atomic E-state index is 12.8. The second-order valence-electron chi connectivity index (χ2n) is 6.16. The van der Waals surface area contributed by atoms with Gasteiger partial charge in [0.15, 0.2) is 6.10 Å². The number of carbonyl (C=O) groups is 1. The maximum Gasteiger partial charge on any atom is 0.346 e. The first kappa shape index (κ1) is 21.0. The molecule has 0 saturated carbocycles. The third-order valence-electron chi connectivity index (χ3n) is 4.09. The average Bonchev–Trinajstić information content (AvgIpc) is 2.69. The number of aromatic nitrogens is 2. The Morgan fingerprint density at radius 2 is 2.07 bits per heavy atom. The molecule has 1 heterocycles. The maximum atomic E-state index is 12.8. The number of aryl methyl sites for hydroxylation is 1. The normalized spacial score (nSPS) is 12.3. The van der Waals surface area contributed by atoms with Gasteiger partial charge in [0.2, 0.25) is 0 Å². The molecule has 0 N–H and O–H groups in total. The summed E-state index contributed by atoms with van der Waals surface area (Å²) >= 11 is 9.60. The van der Waals surface area contributed by atoms with Crippen molar-refractivity contribution in [1.82, 2.24) is 9.66 Å². The SMILES string of the molecule is COC(=O)[C@H](C)Oc1ccc(C=Nn2c(C)nc3ccc(Br)cc3c2=O)cc1Cl. The minimum atomic E-state index is -0.791. The number of halogens is 2. The predicted molar refractivity (Wildman–Crippen MR) is 115 cm³/mol. The van der Waals surface area contributed by atoms with Gasteiger partial charge in [0.1, 0.15) is 11.6 Å². The zero-order valence-corrected chi connectivity index (χ0v) is 18.2. The van der Waals surface area contributed by atoms with E-state index in [0.717, 1.165) is 4.47 Å². The number of esters is 1. The van der Waals surface area contributed by atoms with Gasteiger partial charge in [-0.05, 0) is 55.8 Å². The van der Waals surface area contributed by atoms with Crippen LogP contribution in [0.1, 0.15) is 18.3 Å². The number of rotatable bonds is 5. The highest BCUT2D eigenvalue weighted by molar-refractivity contribution is 9.10. The van der Waals surface area contributed by atoms with Crippen molar-refractivity contribution in [2.45, 2.75) is 20.0 Å². The summed E-state index contributed by atoms with van der Waals surface area (Å²) in [5.41, 5.74) is 0.975. The van der Waals surface area contributed by atoms with Crippen LogP contribution >= 0.6 is 27.5 Å². The van der Waals surface area contributed by atoms with E-state index in [0.29, 0.717) is 33.1 Å². The van der Waals surface area contributed by atoms with Crippen LogP contribution in [0.3, 0.4) is 0 Å². The molecule has 9 heteroatoms. The molecule has 29 heavy (non-hydrogen) atoms. The van der Waals surface area contributed by atoms with E-state index in [1.807, 2.05) is 6.07 Å². The predicted octanol–water partition coefficient (Wildman–Crippen LogP) is 3.94. The van der Waals surface area contributed by atoms with Gasteiger partial charge in [0.05, 0.1) is 29.2 Å². The highest BCUT2D eigenvalue weighted by Crippen LogP contribution is 2.26. The Bertz CT molecular complexity index is 1180. The summed E-state index contributed by atoms with van der Waals surface area (Å²) in [6.45, 7) is 3.27. The quantitative estimate of drug-likeness (QED) is 0.410. The summed E-state index contributed by atoms with van der Waals surface area (Å²) in [6.07, 6.45) is 0.709. The number of nitrogens with zero attached hydrogens (tertiary/aromatic N) is 3. The van der Waals surface area contributed by atoms with Crippen molar-refractivity contribution in [3.05, 3.63) is 67.6 Å². The van der Waals surface area contributed by atoms with Crippen LogP contribution in [-0.2, 0) is 9.53 Å². The Balaban J connectivity index is 1.89. The summed E-state index contributed by atoms with van der Waals surface area (Å²) in [4.78, 5) is 28.7. The lowest BCUT2D eigenvalue weighted by Gasteiger charge is -2.13. The van der Waals surface area contributed by atoms with Crippen molar-refractivity contribution in [3.8, 4) is 5.75 Å². The Hall–Kier alpha value is -2.71. The molecule has 0 fully saturated rings. The van der Waals surface area contributed by atoms with Gasteiger partial charge in [-0.2, -0.15) is 9.78 Å². The highest BCUT2D eigenvalue weighted by atomic mass is 79.9. The molecule has 3 rings (SSSR count). The molecular formula is C20H17BrClN3O4. The molecule has 1 aromatic heterocycles. The van der Waals surface area contributed by atoms with E-state index in [1.54, 1.807) is 44.2 Å². The zero-order chi connectivity index (χ0) is 21.1. The van der Waals surface area contributed by atoms with Crippen molar-refractivity contribution in [2.24, 2.45) is 5.10 Å². The second kappa shape index (κ2) is 8.75. The molecule has 0 unspecified atom stereocenters. The van der Waals surface area contributed by atoms with E-state index in [9.17, 15) is 9.59 Å². The second-order valence-corrected chi connectivity index (χ2v) is 7.48. The fourth-order valence-corrected chi connectivity index (χ4v) is 3.21. The third kappa shape index (κ3) is 4.65. The molecule has 0 aliphatic heterocycles. The summed E-state index contributed by atoms with van der Waals surface area (Å²) in [6, 6.07) is 10.3. The van der Waals surface area contributed by atoms with Crippen LogP contribution in [0.15, 0.2) is 50.8 Å². The first-order valence-electron chi connectivity index (χ1n) is 8.57. The lowest BCUT2D eigenvalue weighted by atomic mass is 10.2. The summed E-state index contributed by atoms with van der Waals surface area (Å²) in [7, 11) is 1.29. The lowest BCUT2D eigenvalue weighted by Crippen LogP contribution is -2.25. The van der Waals surface area contributed by atoms with E-state index in [2.05, 4.69) is 30.8 Å². The average molecular weight is 479 g/mol. The minimum Gasteiger partial charge on any atom is -0.477 e. The van der Waals surface area contributed by atoms with Gasteiger partial charge in [-0.25, -0.2) is 9.78 Å². The molecule has 0 spiro atoms. The van der Waals surface area contributed by atoms with Gasteiger partial charge in [0.25, 0.3) is 5.56 Å². The Labute approximate surface area is 180 Å². The van der Waals surface area contributed by atoms with E-state index >= 15 is 0 Å². The summed E-state index contributed by atoms with van der Waals surface area (Å²) in [5.74, 6) is 0.295. The van der Waals surface area contributed by atoms with Crippen LogP contribution < -0.4 is 10.3 Å². The number of hydrogen-bond acceptors (Lipinski definition) is 6. The van der Waals surface area contributed by atoms with Crippen LogP contribution in [0.4, 0.5) is 0 Å². The van der Waals surface area contributed by atoms with Crippen molar-refractivity contribution in [3.63, 3.8) is 0 Å². The van der Waals surface area contributed by atoms with Crippen LogP contribution in [0.25, 0.3) is 10.9 Å². The highest BCUT2D eigenvalue weighted by Gasteiger charge is 2.16. The van der Waals surface area contributed by atoms with Gasteiger partial charge in [-0.1, -0.05) is 27.5 Å². The van der Waals surface area contributed by atoms with Gasteiger partial charge in [-0.3, -0.25) is 4.79 Å². The largest absolute Gasteiger partial charge is 0.477 e. The lowest BCUT2D eigenvalue weighted by molar-refractivity contribution is -0.147. The first-order valence-corrected chi connectivity index (χ1v) is 9.74. The van der Waals surface area contributed by atoms with Gasteiger partial charge < -0.3 is 9.47 Å². The van der Waals surface area contributed by atoms with Crippen molar-refractivity contribution in [2.75, 3.05) is 7.11 Å². The minimum absolute atomic E-state index is 0.275. The van der Waals surface area contributed by atoms with Crippen LogP contribution in [0.2, 0.25) is 5.02 Å². The molecule has 150 valence electrons. The molecule has 1 atom stereocenters. The number of hydrogen-bond donors (Lipinski definition) is 0. The Morgan fingerprint density at radius 1 is 1.31 bits per heavy atom. The Kier molecular flexibility index (Phi) is 6.34. The molecule has 3 aromatic rings. The molecule has 2 aromatic carbocycles. The molecule has 0 bridgehead atoms. The topological polar surface area (TPSA) is 82.8 Å². The molecule has 0 aliphatic carbocycles. The molecule has 0 radical (unpaired) electrons. The number of methoxy groups -OCH3 is 1. The molecule has 0 amide bonds. The molecule has 0 aliphatic rings. The number of benzene rings is 2. The first-order chi connectivity index (χ1) is 13.8. The smallest absolute Gasteiger partial charge is 0.346 e. The summed E-state index contributed by atoms with van der Waals surface area (Å²) in [5, 5.41) is 5.02. The number of fused-ring (bicyclic) bond motifs is 1. The van der Waals surface area contributed by atoms with Gasteiger partial charge >= 0.3 is 5.97 Å². The fourth-order valence-electron chi connectivity index (χ4n) is 2.62. The molecule has 7 nitrogen and oxygen atoms in total. The van der Waals surface area contributed by atoms with E-state index in [-0.39, 0.29) is 5.56 Å². The Morgan fingerprint density at radius 3 is 2.76 bits per heavy atom. The summed E-state index contributed by atoms with van der Waals surface area (Å²) < 4.78 is 12.1. The fraction of sp³-hybridized carbons (Fsp3) is 0.200. The van der Waals surface area contributed by atoms with Gasteiger partial charge in [0, 0.05) is 4.47 Å². The number of ether oxygens (including phenoxy) is 2. The third-order valence-corrected chi connectivity index (χ3v) is 4.87. The standard InChI is InChI=1S/C20H17BrClN3O4/c1-11(20(27)28-3)29-18-7-4-13(8-16(18)22)10-23-25-12(2)24-17-6-5-14(21)9-15(17)19(25)26/h4-11H,1-3H3/t11-/m0/s1. The molecule has 0 saturated heterocycles. The molecular weight excluding hydrogens is 462 g/mol. The number of carbonyl (C=O) groups excluding carboxylic acids is 1. The van der Waals surface area contributed by atoms with Crippen LogP contribution in [0.5, 0.6) is 5.75 Å². The monoisotopic (exact) mass is 477 g/mol. The van der Waals surface area contributed by atoms with Crippen molar-refractivity contribution in [1.29, 1.82) is 0 Å². The van der Waals surface area contributed by atoms with Crippen LogP contribution in [-0.4, -0.2) is 35.1 Å². The van der Waals surface area contributed by atoms with Crippen molar-refractivity contribution < 1.29 is 14.3 Å². The van der Waals surface area contributed by atoms with Crippen LogP contribution in [0, 0.1) is 6.92 Å².